The van der Waals surface area contributed by atoms with E-state index in [1.807, 2.05) is 26.0 Å². The molecule has 5 nitrogen and oxygen atoms in total. The number of ether oxygens (including phenoxy) is 1. The number of aromatic nitrogens is 3. The molecule has 0 aliphatic rings. The number of halogens is 1. The summed E-state index contributed by atoms with van der Waals surface area (Å²) in [6.07, 6.45) is 1.68. The minimum absolute atomic E-state index is 0.0862. The van der Waals surface area contributed by atoms with E-state index in [1.54, 1.807) is 24.4 Å². The lowest BCUT2D eigenvalue weighted by Crippen LogP contribution is -2.19. The highest BCUT2D eigenvalue weighted by Crippen LogP contribution is 2.27. The molecule has 0 fully saturated rings. The third kappa shape index (κ3) is 2.58. The molecule has 3 rings (SSSR count). The van der Waals surface area contributed by atoms with Gasteiger partial charge in [0.1, 0.15) is 5.75 Å². The van der Waals surface area contributed by atoms with Crippen LogP contribution in [-0.4, -0.2) is 14.6 Å². The van der Waals surface area contributed by atoms with Gasteiger partial charge in [0.05, 0.1) is 5.69 Å². The number of aromatic amines is 1. The first-order valence-corrected chi connectivity index (χ1v) is 7.39. The smallest absolute Gasteiger partial charge is 0.315 e. The molecule has 0 saturated heterocycles. The lowest BCUT2D eigenvalue weighted by molar-refractivity contribution is 0.457. The summed E-state index contributed by atoms with van der Waals surface area (Å²) in [7, 11) is 0. The highest BCUT2D eigenvalue weighted by molar-refractivity contribution is 9.10. The van der Waals surface area contributed by atoms with Crippen molar-refractivity contribution in [1.82, 2.24) is 14.6 Å². The molecule has 0 atom stereocenters. The minimum Gasteiger partial charge on any atom is -0.450 e. The Hall–Kier alpha value is -2.08. The lowest BCUT2D eigenvalue weighted by Gasteiger charge is -2.12. The first kappa shape index (κ1) is 13.9. The minimum atomic E-state index is -0.239. The van der Waals surface area contributed by atoms with Crippen molar-refractivity contribution >= 4 is 21.6 Å². The summed E-state index contributed by atoms with van der Waals surface area (Å²) >= 11 is 3.37. The van der Waals surface area contributed by atoms with Gasteiger partial charge in [0.2, 0.25) is 5.75 Å². The topological polar surface area (TPSA) is 59.4 Å². The van der Waals surface area contributed by atoms with Crippen LogP contribution in [0, 0.1) is 0 Å². The third-order valence-electron chi connectivity index (χ3n) is 3.11. The molecule has 0 aliphatic heterocycles. The van der Waals surface area contributed by atoms with Gasteiger partial charge in [-0.15, -0.1) is 0 Å². The van der Waals surface area contributed by atoms with Crippen molar-refractivity contribution in [3.05, 3.63) is 57.0 Å². The van der Waals surface area contributed by atoms with Crippen molar-refractivity contribution < 1.29 is 4.74 Å². The summed E-state index contributed by atoms with van der Waals surface area (Å²) < 4.78 is 8.12. The Morgan fingerprint density at radius 3 is 2.62 bits per heavy atom. The van der Waals surface area contributed by atoms with Gasteiger partial charge in [0.15, 0.2) is 5.65 Å². The number of H-pyrrole nitrogens is 1. The van der Waals surface area contributed by atoms with Gasteiger partial charge < -0.3 is 4.74 Å². The maximum Gasteiger partial charge on any atom is 0.315 e. The Labute approximate surface area is 129 Å². The predicted molar refractivity (Wildman–Crippen MR) is 84.1 cm³/mol. The van der Waals surface area contributed by atoms with E-state index in [2.05, 4.69) is 26.0 Å². The van der Waals surface area contributed by atoms with Crippen LogP contribution in [-0.2, 0) is 0 Å². The van der Waals surface area contributed by atoms with Gasteiger partial charge in [-0.25, -0.2) is 4.98 Å². The maximum atomic E-state index is 12.5. The molecule has 0 amide bonds. The van der Waals surface area contributed by atoms with E-state index in [0.29, 0.717) is 17.1 Å². The Morgan fingerprint density at radius 1 is 1.24 bits per heavy atom. The van der Waals surface area contributed by atoms with Crippen LogP contribution in [0.5, 0.6) is 11.5 Å². The zero-order valence-electron chi connectivity index (χ0n) is 11.6. The summed E-state index contributed by atoms with van der Waals surface area (Å²) in [5.74, 6) is 0.945. The molecule has 0 saturated carbocycles. The number of nitrogens with one attached hydrogen (secondary N) is 1. The number of hydrogen-bond donors (Lipinski definition) is 1. The van der Waals surface area contributed by atoms with E-state index in [9.17, 15) is 4.79 Å². The van der Waals surface area contributed by atoms with Crippen molar-refractivity contribution in [2.75, 3.05) is 0 Å². The zero-order valence-corrected chi connectivity index (χ0v) is 13.2. The zero-order chi connectivity index (χ0) is 15.0. The molecule has 1 aromatic carbocycles. The molecule has 0 bridgehead atoms. The van der Waals surface area contributed by atoms with Gasteiger partial charge in [0, 0.05) is 16.7 Å². The molecule has 3 aromatic rings. The quantitative estimate of drug-likeness (QED) is 0.785. The Kier molecular flexibility index (Phi) is 3.55. The molecule has 2 aromatic heterocycles. The van der Waals surface area contributed by atoms with Gasteiger partial charge in [-0.05, 0) is 30.2 Å². The van der Waals surface area contributed by atoms with Crippen molar-refractivity contribution in [3.63, 3.8) is 0 Å². The molecular formula is C15H14BrN3O2. The molecular weight excluding hydrogens is 334 g/mol. The monoisotopic (exact) mass is 347 g/mol. The maximum absolute atomic E-state index is 12.5. The Morgan fingerprint density at radius 2 is 1.95 bits per heavy atom. The van der Waals surface area contributed by atoms with Gasteiger partial charge in [-0.1, -0.05) is 29.8 Å². The molecule has 1 N–H and O–H groups in total. The fourth-order valence-electron chi connectivity index (χ4n) is 2.07. The molecule has 0 radical (unpaired) electrons. The van der Waals surface area contributed by atoms with Crippen molar-refractivity contribution in [2.24, 2.45) is 0 Å². The van der Waals surface area contributed by atoms with Crippen molar-refractivity contribution in [1.29, 1.82) is 0 Å². The number of hydrogen-bond acceptors (Lipinski definition) is 3. The largest absolute Gasteiger partial charge is 0.450 e. The second kappa shape index (κ2) is 5.37. The van der Waals surface area contributed by atoms with Gasteiger partial charge in [-0.3, -0.25) is 9.89 Å². The molecule has 0 aliphatic carbocycles. The van der Waals surface area contributed by atoms with Gasteiger partial charge >= 0.3 is 5.56 Å². The standard InChI is InChI=1S/C15H14BrN3O2/c1-9(2)13-14(21-11-5-3-10(16)4-6-11)15(20)19-12(18-13)7-8-17-19/h3-9,17H,1-2H3. The summed E-state index contributed by atoms with van der Waals surface area (Å²) in [6.45, 7) is 3.97. The van der Waals surface area contributed by atoms with E-state index in [0.717, 1.165) is 4.47 Å². The molecule has 0 spiro atoms. The van der Waals surface area contributed by atoms with E-state index >= 15 is 0 Å². The van der Waals surface area contributed by atoms with Crippen LogP contribution in [0.1, 0.15) is 25.5 Å². The fourth-order valence-corrected chi connectivity index (χ4v) is 2.33. The summed E-state index contributed by atoms with van der Waals surface area (Å²) in [5.41, 5.74) is 1.01. The van der Waals surface area contributed by atoms with Crippen molar-refractivity contribution in [2.45, 2.75) is 19.8 Å². The Bertz CT molecular complexity index is 834. The van der Waals surface area contributed by atoms with E-state index in [4.69, 9.17) is 4.74 Å². The first-order chi connectivity index (χ1) is 10.1. The van der Waals surface area contributed by atoms with Crippen LogP contribution in [0.25, 0.3) is 5.65 Å². The first-order valence-electron chi connectivity index (χ1n) is 6.59. The SMILES string of the molecule is CC(C)c1nc2cc[nH]n2c(=O)c1Oc1ccc(Br)cc1. The van der Waals surface area contributed by atoms with E-state index < -0.39 is 0 Å². The summed E-state index contributed by atoms with van der Waals surface area (Å²) in [6, 6.07) is 9.09. The Balaban J connectivity index is 2.15. The van der Waals surface area contributed by atoms with Crippen LogP contribution >= 0.6 is 15.9 Å². The van der Waals surface area contributed by atoms with Crippen LogP contribution < -0.4 is 10.3 Å². The van der Waals surface area contributed by atoms with Gasteiger partial charge in [-0.2, -0.15) is 4.52 Å². The molecule has 108 valence electrons. The molecule has 6 heteroatoms. The average molecular weight is 348 g/mol. The van der Waals surface area contributed by atoms with Gasteiger partial charge in [0.25, 0.3) is 0 Å². The van der Waals surface area contributed by atoms with Crippen LogP contribution in [0.4, 0.5) is 0 Å². The van der Waals surface area contributed by atoms with Crippen molar-refractivity contribution in [3.8, 4) is 11.5 Å². The number of fused-ring (bicyclic) bond motifs is 1. The fraction of sp³-hybridized carbons (Fsp3) is 0.200. The second-order valence-electron chi connectivity index (χ2n) is 5.00. The highest BCUT2D eigenvalue weighted by Gasteiger charge is 2.18. The second-order valence-corrected chi connectivity index (χ2v) is 5.91. The summed E-state index contributed by atoms with van der Waals surface area (Å²) in [5, 5.41) is 2.84. The normalized spacial score (nSPS) is 11.2. The predicted octanol–water partition coefficient (Wildman–Crippen LogP) is 3.70. The number of nitrogens with zero attached hydrogens (tertiary/aromatic N) is 2. The van der Waals surface area contributed by atoms with E-state index in [-0.39, 0.29) is 17.2 Å². The van der Waals surface area contributed by atoms with Crippen LogP contribution in [0.3, 0.4) is 0 Å². The lowest BCUT2D eigenvalue weighted by atomic mass is 10.1. The number of benzene rings is 1. The third-order valence-corrected chi connectivity index (χ3v) is 3.64. The van der Waals surface area contributed by atoms with E-state index in [1.165, 1.54) is 4.52 Å². The van der Waals surface area contributed by atoms with Crippen LogP contribution in [0.15, 0.2) is 45.8 Å². The average Bonchev–Trinajstić information content (AvgIpc) is 2.92. The number of rotatable bonds is 3. The summed E-state index contributed by atoms with van der Waals surface area (Å²) in [4.78, 5) is 17.1. The van der Waals surface area contributed by atoms with Crippen LogP contribution in [0.2, 0.25) is 0 Å². The molecule has 2 heterocycles. The molecule has 21 heavy (non-hydrogen) atoms. The molecule has 0 unspecified atom stereocenters. The highest BCUT2D eigenvalue weighted by atomic mass is 79.9.